The van der Waals surface area contributed by atoms with Crippen LogP contribution in [0.25, 0.3) is 6.08 Å². The van der Waals surface area contributed by atoms with Gasteiger partial charge in [-0.3, -0.25) is 0 Å². The second-order valence-corrected chi connectivity index (χ2v) is 3.68. The summed E-state index contributed by atoms with van der Waals surface area (Å²) < 4.78 is 24.9. The van der Waals surface area contributed by atoms with E-state index in [9.17, 15) is 8.78 Å². The minimum Gasteiger partial charge on any atom is -0.311 e. The number of nitrogens with one attached hydrogen (secondary N) is 1. The maximum absolute atomic E-state index is 12.4. The van der Waals surface area contributed by atoms with Crippen molar-refractivity contribution in [2.45, 2.75) is 26.3 Å². The van der Waals surface area contributed by atoms with Crippen LogP contribution >= 0.6 is 0 Å². The topological polar surface area (TPSA) is 12.0 Å². The zero-order valence-electron chi connectivity index (χ0n) is 9.58. The minimum absolute atomic E-state index is 0.0678. The number of likely N-dealkylation sites (N-methyl/N-ethyl adjacent to an activating group) is 1. The van der Waals surface area contributed by atoms with E-state index in [1.807, 2.05) is 32.1 Å². The Kier molecular flexibility index (Phi) is 5.12. The molecule has 0 radical (unpaired) electrons. The number of hydrogen-bond donors (Lipinski definition) is 1. The summed E-state index contributed by atoms with van der Waals surface area (Å²) in [7, 11) is 0. The van der Waals surface area contributed by atoms with E-state index in [4.69, 9.17) is 0 Å². The first-order valence-corrected chi connectivity index (χ1v) is 5.43. The summed E-state index contributed by atoms with van der Waals surface area (Å²) in [5, 5.41) is 3.22. The van der Waals surface area contributed by atoms with Crippen molar-refractivity contribution in [3.8, 4) is 0 Å². The molecule has 3 heteroatoms. The van der Waals surface area contributed by atoms with Gasteiger partial charge in [0, 0.05) is 11.6 Å². The molecule has 1 nitrogen and oxygen atoms in total. The molecule has 0 saturated carbocycles. The van der Waals surface area contributed by atoms with Crippen molar-refractivity contribution in [2.24, 2.45) is 0 Å². The summed E-state index contributed by atoms with van der Waals surface area (Å²) in [4.78, 5) is 0. The molecular weight excluding hydrogens is 208 g/mol. The van der Waals surface area contributed by atoms with Crippen LogP contribution in [0.5, 0.6) is 0 Å². The average molecular weight is 225 g/mol. The Morgan fingerprint density at radius 1 is 1.38 bits per heavy atom. The molecule has 1 unspecified atom stereocenters. The van der Waals surface area contributed by atoms with Crippen molar-refractivity contribution in [3.05, 3.63) is 41.5 Å². The Morgan fingerprint density at radius 3 is 2.75 bits per heavy atom. The highest BCUT2D eigenvalue weighted by molar-refractivity contribution is 5.51. The molecule has 0 bridgehead atoms. The van der Waals surface area contributed by atoms with Crippen LogP contribution in [0.3, 0.4) is 0 Å². The lowest BCUT2D eigenvalue weighted by molar-refractivity contribution is 0.151. The minimum atomic E-state index is -2.40. The quantitative estimate of drug-likeness (QED) is 0.806. The van der Waals surface area contributed by atoms with Crippen LogP contribution in [-0.2, 0) is 0 Å². The van der Waals surface area contributed by atoms with Crippen molar-refractivity contribution in [2.75, 3.05) is 6.54 Å². The molecule has 0 aliphatic heterocycles. The first-order valence-electron chi connectivity index (χ1n) is 5.43. The van der Waals surface area contributed by atoms with Gasteiger partial charge in [-0.2, -0.15) is 0 Å². The van der Waals surface area contributed by atoms with E-state index >= 15 is 0 Å². The van der Waals surface area contributed by atoms with Gasteiger partial charge in [0.05, 0.1) is 0 Å². The lowest BCUT2D eigenvalue weighted by atomic mass is 10.1. The molecule has 0 aromatic heterocycles. The van der Waals surface area contributed by atoms with Crippen LogP contribution in [-0.4, -0.2) is 12.6 Å². The Bertz CT molecular complexity index is 348. The Hall–Kier alpha value is -1.22. The van der Waals surface area contributed by atoms with Crippen molar-refractivity contribution in [1.82, 2.24) is 5.32 Å². The van der Waals surface area contributed by atoms with Crippen LogP contribution in [0.2, 0.25) is 0 Å². The summed E-state index contributed by atoms with van der Waals surface area (Å²) in [5.41, 5.74) is 0.876. The standard InChI is InChI=1S/C13H17F2N/c1-3-16-10(2)7-8-11-5-4-6-12(9-11)13(14)15/h4-10,13,16H,3H2,1-2H3/b8-7+. The molecule has 1 atom stereocenters. The van der Waals surface area contributed by atoms with E-state index in [1.165, 1.54) is 12.1 Å². The largest absolute Gasteiger partial charge is 0.311 e. The molecule has 1 aromatic rings. The van der Waals surface area contributed by atoms with Crippen LogP contribution < -0.4 is 5.32 Å². The number of benzene rings is 1. The van der Waals surface area contributed by atoms with Gasteiger partial charge in [-0.25, -0.2) is 8.78 Å². The first-order chi connectivity index (χ1) is 7.63. The van der Waals surface area contributed by atoms with Gasteiger partial charge >= 0.3 is 0 Å². The normalized spacial score (nSPS) is 13.6. The Balaban J connectivity index is 2.70. The van der Waals surface area contributed by atoms with Gasteiger partial charge in [0.2, 0.25) is 0 Å². The molecule has 0 heterocycles. The fourth-order valence-corrected chi connectivity index (χ4v) is 1.44. The van der Waals surface area contributed by atoms with Gasteiger partial charge in [0.25, 0.3) is 6.43 Å². The third kappa shape index (κ3) is 4.11. The molecule has 0 aliphatic rings. The molecular formula is C13H17F2N. The van der Waals surface area contributed by atoms with Crippen LogP contribution in [0.1, 0.15) is 31.4 Å². The SMILES string of the molecule is CCNC(C)/C=C/c1cccc(C(F)F)c1. The van der Waals surface area contributed by atoms with E-state index in [-0.39, 0.29) is 11.6 Å². The van der Waals surface area contributed by atoms with E-state index in [2.05, 4.69) is 5.32 Å². The third-order valence-electron chi connectivity index (χ3n) is 2.27. The molecule has 16 heavy (non-hydrogen) atoms. The summed E-state index contributed by atoms with van der Waals surface area (Å²) in [6.07, 6.45) is 1.42. The summed E-state index contributed by atoms with van der Waals surface area (Å²) in [6.45, 7) is 4.95. The average Bonchev–Trinajstić information content (AvgIpc) is 2.27. The van der Waals surface area contributed by atoms with Crippen molar-refractivity contribution < 1.29 is 8.78 Å². The lowest BCUT2D eigenvalue weighted by Gasteiger charge is -2.06. The predicted molar refractivity (Wildman–Crippen MR) is 63.6 cm³/mol. The highest BCUT2D eigenvalue weighted by atomic mass is 19.3. The second kappa shape index (κ2) is 6.38. The van der Waals surface area contributed by atoms with Crippen LogP contribution in [0, 0.1) is 0 Å². The number of hydrogen-bond acceptors (Lipinski definition) is 1. The molecule has 1 N–H and O–H groups in total. The first kappa shape index (κ1) is 12.8. The lowest BCUT2D eigenvalue weighted by Crippen LogP contribution is -2.22. The molecule has 0 spiro atoms. The molecule has 0 saturated heterocycles. The fourth-order valence-electron chi connectivity index (χ4n) is 1.44. The molecule has 88 valence electrons. The predicted octanol–water partition coefficient (Wildman–Crippen LogP) is 3.64. The Morgan fingerprint density at radius 2 is 2.12 bits per heavy atom. The number of halogens is 2. The Labute approximate surface area is 95.2 Å². The van der Waals surface area contributed by atoms with E-state index in [0.717, 1.165) is 12.1 Å². The molecule has 0 amide bonds. The van der Waals surface area contributed by atoms with E-state index in [0.29, 0.717) is 0 Å². The highest BCUT2D eigenvalue weighted by Crippen LogP contribution is 2.19. The monoisotopic (exact) mass is 225 g/mol. The zero-order chi connectivity index (χ0) is 12.0. The van der Waals surface area contributed by atoms with Crippen molar-refractivity contribution >= 4 is 6.08 Å². The maximum atomic E-state index is 12.4. The zero-order valence-corrected chi connectivity index (χ0v) is 9.58. The highest BCUT2D eigenvalue weighted by Gasteiger charge is 2.05. The molecule has 1 aromatic carbocycles. The van der Waals surface area contributed by atoms with Crippen LogP contribution in [0.15, 0.2) is 30.3 Å². The molecule has 0 aliphatic carbocycles. The maximum Gasteiger partial charge on any atom is 0.263 e. The van der Waals surface area contributed by atoms with E-state index < -0.39 is 6.43 Å². The van der Waals surface area contributed by atoms with Gasteiger partial charge in [0.15, 0.2) is 0 Å². The number of rotatable bonds is 5. The third-order valence-corrected chi connectivity index (χ3v) is 2.27. The fraction of sp³-hybridized carbons (Fsp3) is 0.385. The van der Waals surface area contributed by atoms with Gasteiger partial charge in [-0.05, 0) is 25.1 Å². The smallest absolute Gasteiger partial charge is 0.263 e. The second-order valence-electron chi connectivity index (χ2n) is 3.68. The summed E-state index contributed by atoms with van der Waals surface area (Å²) in [5.74, 6) is 0. The van der Waals surface area contributed by atoms with Gasteiger partial charge in [-0.1, -0.05) is 37.3 Å². The number of alkyl halides is 2. The summed E-state index contributed by atoms with van der Waals surface area (Å²) >= 11 is 0. The molecule has 1 rings (SSSR count). The van der Waals surface area contributed by atoms with Crippen molar-refractivity contribution in [1.29, 1.82) is 0 Å². The van der Waals surface area contributed by atoms with Gasteiger partial charge in [-0.15, -0.1) is 0 Å². The molecule has 0 fully saturated rings. The van der Waals surface area contributed by atoms with E-state index in [1.54, 1.807) is 6.07 Å². The van der Waals surface area contributed by atoms with Gasteiger partial charge in [0.1, 0.15) is 0 Å². The summed E-state index contributed by atoms with van der Waals surface area (Å²) in [6, 6.07) is 6.68. The van der Waals surface area contributed by atoms with Crippen molar-refractivity contribution in [3.63, 3.8) is 0 Å². The van der Waals surface area contributed by atoms with Gasteiger partial charge < -0.3 is 5.32 Å². The van der Waals surface area contributed by atoms with Crippen LogP contribution in [0.4, 0.5) is 8.78 Å².